The number of benzene rings is 2. The van der Waals surface area contributed by atoms with Crippen molar-refractivity contribution in [3.63, 3.8) is 0 Å². The molecule has 2 rings (SSSR count). The minimum Gasteiger partial charge on any atom is -0.398 e. The molecule has 0 saturated carbocycles. The van der Waals surface area contributed by atoms with E-state index in [0.717, 1.165) is 17.2 Å². The summed E-state index contributed by atoms with van der Waals surface area (Å²) >= 11 is 0. The molecule has 0 amide bonds. The number of nitrogens with one attached hydrogen (secondary N) is 1. The molecule has 0 saturated heterocycles. The Morgan fingerprint density at radius 2 is 1.90 bits per heavy atom. The Balaban J connectivity index is 2.23. The Kier molecular flexibility index (Phi) is 4.29. The van der Waals surface area contributed by atoms with Gasteiger partial charge in [-0.1, -0.05) is 29.8 Å². The fourth-order valence-electron chi connectivity index (χ4n) is 1.91. The molecule has 0 atom stereocenters. The van der Waals surface area contributed by atoms with Crippen LogP contribution in [0.15, 0.2) is 41.3 Å². The Hall–Kier alpha value is -1.92. The van der Waals surface area contributed by atoms with Crippen molar-refractivity contribution in [2.75, 3.05) is 5.73 Å². The van der Waals surface area contributed by atoms with Gasteiger partial charge in [-0.05, 0) is 31.5 Å². The van der Waals surface area contributed by atoms with Gasteiger partial charge in [0.15, 0.2) is 0 Å². The highest BCUT2D eigenvalue weighted by atomic mass is 32.2. The van der Waals surface area contributed by atoms with Gasteiger partial charge in [-0.2, -0.15) is 0 Å². The van der Waals surface area contributed by atoms with Crippen molar-refractivity contribution >= 4 is 15.7 Å². The summed E-state index contributed by atoms with van der Waals surface area (Å²) in [7, 11) is -3.80. The van der Waals surface area contributed by atoms with Crippen LogP contribution in [-0.2, 0) is 16.6 Å². The van der Waals surface area contributed by atoms with E-state index >= 15 is 0 Å². The van der Waals surface area contributed by atoms with Crippen LogP contribution in [0, 0.1) is 19.7 Å². The van der Waals surface area contributed by atoms with Gasteiger partial charge in [0, 0.05) is 17.8 Å². The van der Waals surface area contributed by atoms with E-state index in [1.54, 1.807) is 0 Å². The number of halogens is 1. The number of anilines is 1. The van der Waals surface area contributed by atoms with Crippen LogP contribution < -0.4 is 10.5 Å². The van der Waals surface area contributed by atoms with Gasteiger partial charge in [0.25, 0.3) is 0 Å². The summed E-state index contributed by atoms with van der Waals surface area (Å²) in [5.41, 5.74) is 7.84. The molecule has 0 aliphatic carbocycles. The lowest BCUT2D eigenvalue weighted by Crippen LogP contribution is -2.23. The molecule has 6 heteroatoms. The molecule has 0 unspecified atom stereocenters. The van der Waals surface area contributed by atoms with Gasteiger partial charge in [0.2, 0.25) is 10.0 Å². The third-order valence-electron chi connectivity index (χ3n) is 3.22. The van der Waals surface area contributed by atoms with E-state index in [9.17, 15) is 12.8 Å². The van der Waals surface area contributed by atoms with Gasteiger partial charge < -0.3 is 5.73 Å². The minimum absolute atomic E-state index is 0.117. The normalized spacial score (nSPS) is 11.6. The van der Waals surface area contributed by atoms with E-state index in [2.05, 4.69) is 4.72 Å². The third-order valence-corrected chi connectivity index (χ3v) is 4.60. The highest BCUT2D eigenvalue weighted by Crippen LogP contribution is 2.21. The fourth-order valence-corrected chi connectivity index (χ4v) is 2.98. The average Bonchev–Trinajstić information content (AvgIpc) is 2.42. The van der Waals surface area contributed by atoms with E-state index in [4.69, 9.17) is 5.73 Å². The molecule has 0 fully saturated rings. The fraction of sp³-hybridized carbons (Fsp3) is 0.200. The summed E-state index contributed by atoms with van der Waals surface area (Å²) in [5.74, 6) is -0.633. The van der Waals surface area contributed by atoms with Crippen molar-refractivity contribution in [2.24, 2.45) is 0 Å². The van der Waals surface area contributed by atoms with Crippen molar-refractivity contribution in [3.05, 3.63) is 58.9 Å². The van der Waals surface area contributed by atoms with E-state index in [-0.39, 0.29) is 22.7 Å². The highest BCUT2D eigenvalue weighted by molar-refractivity contribution is 7.89. The molecule has 0 radical (unpaired) electrons. The largest absolute Gasteiger partial charge is 0.398 e. The second-order valence-corrected chi connectivity index (χ2v) is 6.70. The molecule has 0 bridgehead atoms. The second kappa shape index (κ2) is 5.83. The molecular weight excluding hydrogens is 291 g/mol. The zero-order valence-electron chi connectivity index (χ0n) is 11.9. The van der Waals surface area contributed by atoms with E-state index in [1.807, 2.05) is 31.2 Å². The molecule has 3 N–H and O–H groups in total. The monoisotopic (exact) mass is 308 g/mol. The van der Waals surface area contributed by atoms with Gasteiger partial charge in [-0.25, -0.2) is 17.5 Å². The summed E-state index contributed by atoms with van der Waals surface area (Å²) in [4.78, 5) is -0.171. The molecule has 0 spiro atoms. The first kappa shape index (κ1) is 15.5. The van der Waals surface area contributed by atoms with Crippen molar-refractivity contribution in [1.82, 2.24) is 4.72 Å². The minimum atomic E-state index is -3.80. The lowest BCUT2D eigenvalue weighted by atomic mass is 10.1. The maximum absolute atomic E-state index is 13.6. The second-order valence-electron chi connectivity index (χ2n) is 4.93. The first-order valence-electron chi connectivity index (χ1n) is 6.40. The van der Waals surface area contributed by atoms with Crippen LogP contribution in [0.2, 0.25) is 0 Å². The summed E-state index contributed by atoms with van der Waals surface area (Å²) in [6.07, 6.45) is 0. The lowest BCUT2D eigenvalue weighted by Gasteiger charge is -2.10. The van der Waals surface area contributed by atoms with Crippen molar-refractivity contribution < 1.29 is 12.8 Å². The molecule has 4 nitrogen and oxygen atoms in total. The maximum Gasteiger partial charge on any atom is 0.241 e. The zero-order chi connectivity index (χ0) is 15.6. The number of hydrogen-bond donors (Lipinski definition) is 2. The van der Waals surface area contributed by atoms with Crippen LogP contribution in [0.5, 0.6) is 0 Å². The van der Waals surface area contributed by atoms with Gasteiger partial charge in [-0.3, -0.25) is 0 Å². The number of nitrogen functional groups attached to an aromatic ring is 1. The number of sulfonamides is 1. The predicted molar refractivity (Wildman–Crippen MR) is 80.8 cm³/mol. The van der Waals surface area contributed by atoms with Crippen molar-refractivity contribution in [1.29, 1.82) is 0 Å². The molecule has 112 valence electrons. The van der Waals surface area contributed by atoms with E-state index < -0.39 is 15.8 Å². The van der Waals surface area contributed by atoms with E-state index in [1.165, 1.54) is 13.0 Å². The van der Waals surface area contributed by atoms with Crippen LogP contribution >= 0.6 is 0 Å². The first-order chi connectivity index (χ1) is 9.79. The average molecular weight is 308 g/mol. The number of hydrogen-bond acceptors (Lipinski definition) is 3. The third kappa shape index (κ3) is 3.59. The molecule has 21 heavy (non-hydrogen) atoms. The highest BCUT2D eigenvalue weighted by Gasteiger charge is 2.17. The van der Waals surface area contributed by atoms with Crippen LogP contribution in [0.25, 0.3) is 0 Å². The summed E-state index contributed by atoms with van der Waals surface area (Å²) in [6.45, 7) is 3.56. The van der Waals surface area contributed by atoms with Crippen molar-refractivity contribution in [3.8, 4) is 0 Å². The summed E-state index contributed by atoms with van der Waals surface area (Å²) in [6, 6.07) is 9.71. The van der Waals surface area contributed by atoms with Crippen LogP contribution in [0.1, 0.15) is 16.7 Å². The molecule has 2 aromatic rings. The van der Waals surface area contributed by atoms with Gasteiger partial charge in [0.1, 0.15) is 5.82 Å². The molecule has 2 aromatic carbocycles. The Labute approximate surface area is 123 Å². The Bertz CT molecular complexity index is 750. The SMILES string of the molecule is Cc1cccc(CNS(=O)(=O)c2cc(N)c(C)c(F)c2)c1. The number of aryl methyl sites for hydroxylation is 1. The molecule has 0 heterocycles. The van der Waals surface area contributed by atoms with Crippen LogP contribution in [0.4, 0.5) is 10.1 Å². The lowest BCUT2D eigenvalue weighted by molar-refractivity contribution is 0.576. The van der Waals surface area contributed by atoms with Crippen LogP contribution in [-0.4, -0.2) is 8.42 Å². The number of nitrogens with two attached hydrogens (primary N) is 1. The summed E-state index contributed by atoms with van der Waals surface area (Å²) in [5, 5.41) is 0. The Morgan fingerprint density at radius 1 is 1.19 bits per heavy atom. The Morgan fingerprint density at radius 3 is 2.52 bits per heavy atom. The van der Waals surface area contributed by atoms with Gasteiger partial charge in [0.05, 0.1) is 4.90 Å². The topological polar surface area (TPSA) is 72.2 Å². The number of rotatable bonds is 4. The smallest absolute Gasteiger partial charge is 0.241 e. The zero-order valence-corrected chi connectivity index (χ0v) is 12.7. The molecule has 0 aliphatic heterocycles. The maximum atomic E-state index is 13.6. The van der Waals surface area contributed by atoms with E-state index in [0.29, 0.717) is 0 Å². The van der Waals surface area contributed by atoms with Crippen LogP contribution in [0.3, 0.4) is 0 Å². The van der Waals surface area contributed by atoms with Crippen molar-refractivity contribution in [2.45, 2.75) is 25.3 Å². The molecule has 0 aliphatic rings. The standard InChI is InChI=1S/C15H17FN2O2S/c1-10-4-3-5-12(6-10)9-18-21(19,20)13-7-14(16)11(2)15(17)8-13/h3-8,18H,9,17H2,1-2H3. The molecule has 0 aromatic heterocycles. The summed E-state index contributed by atoms with van der Waals surface area (Å²) < 4.78 is 40.4. The quantitative estimate of drug-likeness (QED) is 0.852. The predicted octanol–water partition coefficient (Wildman–Crippen LogP) is 2.50. The van der Waals surface area contributed by atoms with Gasteiger partial charge >= 0.3 is 0 Å². The van der Waals surface area contributed by atoms with Gasteiger partial charge in [-0.15, -0.1) is 0 Å². The molecular formula is C15H17FN2O2S. The first-order valence-corrected chi connectivity index (χ1v) is 7.89.